The molecule has 0 aliphatic carbocycles. The molecule has 0 N–H and O–H groups in total. The van der Waals surface area contributed by atoms with Crippen LogP contribution in [0.2, 0.25) is 0 Å². The lowest BCUT2D eigenvalue weighted by Crippen LogP contribution is -2.14. The number of aryl methyl sites for hydroxylation is 1. The number of rotatable bonds is 2. The normalized spacial score (nSPS) is 15.1. The summed E-state index contributed by atoms with van der Waals surface area (Å²) in [5.41, 5.74) is 2.93. The van der Waals surface area contributed by atoms with E-state index < -0.39 is 0 Å². The van der Waals surface area contributed by atoms with Crippen molar-refractivity contribution in [2.45, 2.75) is 13.0 Å². The number of para-hydroxylation sites is 1. The number of ether oxygens (including phenoxy) is 1. The number of nitrogens with zero attached hydrogens (tertiary/aromatic N) is 2. The van der Waals surface area contributed by atoms with Gasteiger partial charge in [-0.05, 0) is 47.9 Å². The van der Waals surface area contributed by atoms with Crippen LogP contribution in [0.5, 0.6) is 5.75 Å². The Morgan fingerprint density at radius 3 is 2.91 bits per heavy atom. The molecule has 0 radical (unpaired) electrons. The molecule has 0 amide bonds. The molecule has 0 atom stereocenters. The van der Waals surface area contributed by atoms with Crippen LogP contribution in [0.3, 0.4) is 0 Å². The highest BCUT2D eigenvalue weighted by molar-refractivity contribution is 5.85. The minimum Gasteiger partial charge on any atom is -0.497 e. The molecule has 0 bridgehead atoms. The van der Waals surface area contributed by atoms with Crippen LogP contribution in [0, 0.1) is 0 Å². The minimum absolute atomic E-state index is 0.162. The van der Waals surface area contributed by atoms with Crippen molar-refractivity contribution in [3.63, 3.8) is 0 Å². The summed E-state index contributed by atoms with van der Waals surface area (Å²) in [5.74, 6) is 1.60. The molecule has 0 fully saturated rings. The lowest BCUT2D eigenvalue weighted by molar-refractivity contribution is 0.414. The second-order valence-corrected chi connectivity index (χ2v) is 5.61. The molecular formula is C19H16N2O2. The summed E-state index contributed by atoms with van der Waals surface area (Å²) in [7, 11) is 1.66. The molecule has 3 aromatic rings. The summed E-state index contributed by atoms with van der Waals surface area (Å²) < 4.78 is 7.39. The van der Waals surface area contributed by atoms with E-state index in [0.717, 1.165) is 41.2 Å². The summed E-state index contributed by atoms with van der Waals surface area (Å²) in [6.07, 6.45) is 2.96. The second kappa shape index (κ2) is 5.39. The molecule has 1 aliphatic heterocycles. The number of benzene rings is 2. The Bertz CT molecular complexity index is 986. The molecule has 0 spiro atoms. The van der Waals surface area contributed by atoms with Gasteiger partial charge in [-0.25, -0.2) is 0 Å². The fourth-order valence-electron chi connectivity index (χ4n) is 3.11. The Morgan fingerprint density at radius 2 is 2.04 bits per heavy atom. The Hall–Kier alpha value is -2.88. The Kier molecular flexibility index (Phi) is 3.23. The van der Waals surface area contributed by atoms with Crippen LogP contribution in [-0.4, -0.2) is 16.7 Å². The van der Waals surface area contributed by atoms with Crippen LogP contribution < -0.4 is 10.3 Å². The molecule has 1 aliphatic rings. The summed E-state index contributed by atoms with van der Waals surface area (Å²) in [5, 5.41) is 0.680. The van der Waals surface area contributed by atoms with Gasteiger partial charge in [0, 0.05) is 6.54 Å². The second-order valence-electron chi connectivity index (χ2n) is 5.61. The summed E-state index contributed by atoms with van der Waals surface area (Å²) in [4.78, 5) is 16.6. The van der Waals surface area contributed by atoms with Crippen molar-refractivity contribution >= 4 is 22.6 Å². The summed E-state index contributed by atoms with van der Waals surface area (Å²) in [6, 6.07) is 15.5. The third kappa shape index (κ3) is 2.32. The van der Waals surface area contributed by atoms with E-state index in [1.165, 1.54) is 0 Å². The predicted octanol–water partition coefficient (Wildman–Crippen LogP) is 3.35. The highest BCUT2D eigenvalue weighted by atomic mass is 16.5. The third-order valence-corrected chi connectivity index (χ3v) is 4.22. The van der Waals surface area contributed by atoms with Gasteiger partial charge in [-0.15, -0.1) is 0 Å². The van der Waals surface area contributed by atoms with Crippen LogP contribution in [0.1, 0.15) is 17.8 Å². The lowest BCUT2D eigenvalue weighted by Gasteiger charge is -2.07. The zero-order chi connectivity index (χ0) is 15.8. The van der Waals surface area contributed by atoms with Crippen LogP contribution in [0.25, 0.3) is 22.6 Å². The molecule has 0 unspecified atom stereocenters. The molecular weight excluding hydrogens is 288 g/mol. The fraction of sp³-hybridized carbons (Fsp3) is 0.158. The average Bonchev–Trinajstić information content (AvgIpc) is 2.98. The molecule has 114 valence electrons. The zero-order valence-corrected chi connectivity index (χ0v) is 12.8. The first-order valence-electron chi connectivity index (χ1n) is 7.61. The monoisotopic (exact) mass is 304 g/mol. The van der Waals surface area contributed by atoms with Crippen molar-refractivity contribution in [3.8, 4) is 5.75 Å². The van der Waals surface area contributed by atoms with Crippen molar-refractivity contribution in [1.82, 2.24) is 9.55 Å². The van der Waals surface area contributed by atoms with E-state index in [2.05, 4.69) is 15.6 Å². The smallest absolute Gasteiger partial charge is 0.281 e. The van der Waals surface area contributed by atoms with Gasteiger partial charge in [0.15, 0.2) is 0 Å². The number of hydrogen-bond acceptors (Lipinski definition) is 3. The first-order valence-corrected chi connectivity index (χ1v) is 7.61. The molecule has 2 aromatic carbocycles. The highest BCUT2D eigenvalue weighted by Crippen LogP contribution is 2.30. The number of allylic oxidation sites excluding steroid dienone is 1. The van der Waals surface area contributed by atoms with Gasteiger partial charge in [0.1, 0.15) is 11.6 Å². The number of hydrogen-bond donors (Lipinski definition) is 0. The van der Waals surface area contributed by atoms with Gasteiger partial charge in [-0.2, -0.15) is 4.98 Å². The lowest BCUT2D eigenvalue weighted by atomic mass is 10.1. The molecule has 4 heteroatoms. The number of aromatic nitrogens is 2. The van der Waals surface area contributed by atoms with Crippen molar-refractivity contribution < 1.29 is 4.74 Å². The van der Waals surface area contributed by atoms with Crippen molar-refractivity contribution in [2.75, 3.05) is 7.11 Å². The molecule has 0 saturated heterocycles. The zero-order valence-electron chi connectivity index (χ0n) is 12.8. The van der Waals surface area contributed by atoms with E-state index in [4.69, 9.17) is 4.74 Å². The van der Waals surface area contributed by atoms with E-state index in [1.54, 1.807) is 7.11 Å². The standard InChI is InChI=1S/C19H16N2O2/c1-23-15-6-4-5-13(12-15)11-14-9-10-21-17-8-3-2-7-16(17)19(22)20-18(14)21/h2-8,11-12H,9-10H2,1H3. The largest absolute Gasteiger partial charge is 0.497 e. The van der Waals surface area contributed by atoms with Crippen LogP contribution >= 0.6 is 0 Å². The number of methoxy groups -OCH3 is 1. The highest BCUT2D eigenvalue weighted by Gasteiger charge is 2.20. The Balaban J connectivity index is 1.87. The van der Waals surface area contributed by atoms with Crippen LogP contribution in [0.4, 0.5) is 0 Å². The van der Waals surface area contributed by atoms with Gasteiger partial charge in [0.05, 0.1) is 18.0 Å². The van der Waals surface area contributed by atoms with Gasteiger partial charge in [0.25, 0.3) is 5.56 Å². The van der Waals surface area contributed by atoms with Crippen molar-refractivity contribution in [1.29, 1.82) is 0 Å². The molecule has 4 nitrogen and oxygen atoms in total. The molecule has 0 saturated carbocycles. The van der Waals surface area contributed by atoms with Gasteiger partial charge < -0.3 is 9.30 Å². The van der Waals surface area contributed by atoms with E-state index in [9.17, 15) is 4.79 Å². The van der Waals surface area contributed by atoms with E-state index in [-0.39, 0.29) is 5.56 Å². The first-order chi connectivity index (χ1) is 11.3. The average molecular weight is 304 g/mol. The topological polar surface area (TPSA) is 44.1 Å². The van der Waals surface area contributed by atoms with Crippen LogP contribution in [-0.2, 0) is 6.54 Å². The van der Waals surface area contributed by atoms with E-state index in [0.29, 0.717) is 5.39 Å². The Morgan fingerprint density at radius 1 is 1.17 bits per heavy atom. The van der Waals surface area contributed by atoms with Crippen molar-refractivity contribution in [3.05, 3.63) is 70.3 Å². The van der Waals surface area contributed by atoms with Gasteiger partial charge in [0.2, 0.25) is 0 Å². The molecule has 23 heavy (non-hydrogen) atoms. The maximum absolute atomic E-state index is 12.3. The fourth-order valence-corrected chi connectivity index (χ4v) is 3.11. The summed E-state index contributed by atoms with van der Waals surface area (Å²) in [6.45, 7) is 0.846. The third-order valence-electron chi connectivity index (χ3n) is 4.22. The SMILES string of the molecule is COc1cccc(C=C2CCn3c2nc(=O)c2ccccc23)c1. The number of fused-ring (bicyclic) bond motifs is 3. The Labute approximate surface area is 133 Å². The van der Waals surface area contributed by atoms with Crippen LogP contribution in [0.15, 0.2) is 53.3 Å². The molecule has 1 aromatic heterocycles. The molecule has 4 rings (SSSR count). The van der Waals surface area contributed by atoms with Gasteiger partial charge >= 0.3 is 0 Å². The maximum Gasteiger partial charge on any atom is 0.281 e. The van der Waals surface area contributed by atoms with Crippen molar-refractivity contribution in [2.24, 2.45) is 0 Å². The molecule has 2 heterocycles. The van der Waals surface area contributed by atoms with Gasteiger partial charge in [-0.3, -0.25) is 4.79 Å². The summed E-state index contributed by atoms with van der Waals surface area (Å²) >= 11 is 0. The quantitative estimate of drug-likeness (QED) is 0.729. The van der Waals surface area contributed by atoms with E-state index in [1.807, 2.05) is 48.5 Å². The van der Waals surface area contributed by atoms with Gasteiger partial charge in [-0.1, -0.05) is 24.3 Å². The predicted molar refractivity (Wildman–Crippen MR) is 91.5 cm³/mol. The first kappa shape index (κ1) is 13.8. The minimum atomic E-state index is -0.162. The maximum atomic E-state index is 12.3. The van der Waals surface area contributed by atoms with E-state index >= 15 is 0 Å².